The van der Waals surface area contributed by atoms with Gasteiger partial charge in [-0.3, -0.25) is 14.7 Å². The van der Waals surface area contributed by atoms with Gasteiger partial charge in [-0.05, 0) is 29.3 Å². The first kappa shape index (κ1) is 21.8. The Morgan fingerprint density at radius 1 is 1.25 bits per heavy atom. The molecular formula is C23H26FN5O3. The number of benzene rings is 2. The van der Waals surface area contributed by atoms with E-state index in [1.165, 1.54) is 17.9 Å². The van der Waals surface area contributed by atoms with E-state index in [2.05, 4.69) is 15.7 Å². The van der Waals surface area contributed by atoms with Gasteiger partial charge < -0.3 is 15.4 Å². The van der Waals surface area contributed by atoms with E-state index in [0.717, 1.165) is 37.3 Å². The Hall–Kier alpha value is -3.46. The molecule has 2 amide bonds. The average molecular weight is 439 g/mol. The molecule has 0 bridgehead atoms. The number of rotatable bonds is 6. The fraction of sp³-hybridized carbons (Fsp3) is 0.348. The summed E-state index contributed by atoms with van der Waals surface area (Å²) in [6.07, 6.45) is 0.787. The lowest BCUT2D eigenvalue weighted by atomic mass is 10.0. The number of piperazine rings is 1. The van der Waals surface area contributed by atoms with Crippen LogP contribution in [0.4, 0.5) is 14.9 Å². The van der Waals surface area contributed by atoms with Crippen LogP contribution < -0.4 is 15.5 Å². The lowest BCUT2D eigenvalue weighted by molar-refractivity contribution is -0.119. The summed E-state index contributed by atoms with van der Waals surface area (Å²) in [6, 6.07) is 12.2. The molecular weight excluding hydrogens is 413 g/mol. The third-order valence-electron chi connectivity index (χ3n) is 5.40. The number of hydrazone groups is 1. The van der Waals surface area contributed by atoms with Crippen molar-refractivity contribution in [3.63, 3.8) is 0 Å². The zero-order valence-corrected chi connectivity index (χ0v) is 17.9. The summed E-state index contributed by atoms with van der Waals surface area (Å²) in [5.41, 5.74) is 2.54. The number of halogens is 1. The highest BCUT2D eigenvalue weighted by Gasteiger charge is 2.32. The van der Waals surface area contributed by atoms with Crippen molar-refractivity contribution in [1.29, 1.82) is 0 Å². The highest BCUT2D eigenvalue weighted by molar-refractivity contribution is 5.90. The van der Waals surface area contributed by atoms with Crippen LogP contribution in [0.1, 0.15) is 12.5 Å². The average Bonchev–Trinajstić information content (AvgIpc) is 3.18. The van der Waals surface area contributed by atoms with E-state index in [4.69, 9.17) is 4.74 Å². The van der Waals surface area contributed by atoms with Crippen molar-refractivity contribution in [2.45, 2.75) is 13.0 Å². The van der Waals surface area contributed by atoms with Gasteiger partial charge >= 0.3 is 6.09 Å². The highest BCUT2D eigenvalue weighted by Crippen LogP contribution is 2.29. The van der Waals surface area contributed by atoms with E-state index in [9.17, 15) is 14.0 Å². The van der Waals surface area contributed by atoms with Gasteiger partial charge in [-0.1, -0.05) is 24.3 Å². The molecule has 2 aliphatic rings. The molecule has 0 spiro atoms. The number of nitrogens with zero attached hydrogens (tertiary/aromatic N) is 3. The van der Waals surface area contributed by atoms with Gasteiger partial charge in [0.15, 0.2) is 0 Å². The molecule has 0 saturated carbocycles. The zero-order valence-electron chi connectivity index (χ0n) is 17.9. The smallest absolute Gasteiger partial charge is 0.414 e. The standard InChI is InChI=1S/C23H26FN5O3/c1-16(30)26-14-20-15-29(23(31)32-20)19-6-7-21(22(24)12-19)18-4-2-17(3-5-18)13-27-28-10-8-25-9-11-28/h2-7,12-13,20,25H,8-11,14-15H2,1H3,(H,26,30)/t20-/m0/s1. The Morgan fingerprint density at radius 3 is 2.69 bits per heavy atom. The summed E-state index contributed by atoms with van der Waals surface area (Å²) in [4.78, 5) is 24.6. The normalized spacial score (nSPS) is 18.8. The molecule has 0 unspecified atom stereocenters. The molecule has 4 rings (SSSR count). The number of anilines is 1. The van der Waals surface area contributed by atoms with Crippen LogP contribution in [-0.4, -0.2) is 68.6 Å². The number of nitrogens with one attached hydrogen (secondary N) is 2. The minimum absolute atomic E-state index is 0.198. The van der Waals surface area contributed by atoms with Gasteiger partial charge in [-0.25, -0.2) is 9.18 Å². The Labute approximate surface area is 186 Å². The van der Waals surface area contributed by atoms with Gasteiger partial charge in [0.25, 0.3) is 0 Å². The van der Waals surface area contributed by atoms with Crippen LogP contribution in [0.2, 0.25) is 0 Å². The van der Waals surface area contributed by atoms with Crippen LogP contribution in [0, 0.1) is 5.82 Å². The maximum atomic E-state index is 14.9. The molecule has 0 aromatic heterocycles. The first-order chi connectivity index (χ1) is 15.5. The molecule has 2 aromatic rings. The highest BCUT2D eigenvalue weighted by atomic mass is 19.1. The molecule has 2 heterocycles. The Morgan fingerprint density at radius 2 is 2.00 bits per heavy atom. The van der Waals surface area contributed by atoms with Crippen molar-refractivity contribution in [2.75, 3.05) is 44.2 Å². The lowest BCUT2D eigenvalue weighted by Crippen LogP contribution is -2.40. The number of hydrogen-bond acceptors (Lipinski definition) is 6. The molecule has 2 fully saturated rings. The Bertz CT molecular complexity index is 1010. The van der Waals surface area contributed by atoms with Crippen LogP contribution in [0.15, 0.2) is 47.6 Å². The monoisotopic (exact) mass is 439 g/mol. The molecule has 2 N–H and O–H groups in total. The van der Waals surface area contributed by atoms with Crippen LogP contribution in [-0.2, 0) is 9.53 Å². The lowest BCUT2D eigenvalue weighted by Gasteiger charge is -2.24. The molecule has 9 heteroatoms. The van der Waals surface area contributed by atoms with Crippen LogP contribution >= 0.6 is 0 Å². The number of amides is 2. The van der Waals surface area contributed by atoms with E-state index in [1.54, 1.807) is 12.1 Å². The second kappa shape index (κ2) is 9.78. The van der Waals surface area contributed by atoms with Gasteiger partial charge in [0.2, 0.25) is 5.91 Å². The molecule has 0 radical (unpaired) electrons. The molecule has 0 aliphatic carbocycles. The molecule has 2 aromatic carbocycles. The topological polar surface area (TPSA) is 86.3 Å². The van der Waals surface area contributed by atoms with Crippen LogP contribution in [0.25, 0.3) is 11.1 Å². The van der Waals surface area contributed by atoms with Crippen LogP contribution in [0.5, 0.6) is 0 Å². The second-order valence-electron chi connectivity index (χ2n) is 7.79. The number of hydrogen-bond donors (Lipinski definition) is 2. The molecule has 32 heavy (non-hydrogen) atoms. The molecule has 168 valence electrons. The maximum Gasteiger partial charge on any atom is 0.414 e. The summed E-state index contributed by atoms with van der Waals surface area (Å²) < 4.78 is 20.1. The van der Waals surface area contributed by atoms with Crippen molar-refractivity contribution in [1.82, 2.24) is 15.6 Å². The summed E-state index contributed by atoms with van der Waals surface area (Å²) in [5.74, 6) is -0.626. The van der Waals surface area contributed by atoms with Crippen molar-refractivity contribution >= 4 is 23.9 Å². The predicted octanol–water partition coefficient (Wildman–Crippen LogP) is 2.19. The third kappa shape index (κ3) is 5.23. The first-order valence-electron chi connectivity index (χ1n) is 10.6. The van der Waals surface area contributed by atoms with Gasteiger partial charge in [-0.2, -0.15) is 5.10 Å². The zero-order chi connectivity index (χ0) is 22.5. The maximum absolute atomic E-state index is 14.9. The Kier molecular flexibility index (Phi) is 6.65. The summed E-state index contributed by atoms with van der Waals surface area (Å²) in [7, 11) is 0. The summed E-state index contributed by atoms with van der Waals surface area (Å²) in [5, 5.41) is 12.4. The minimum atomic E-state index is -0.555. The SMILES string of the molecule is CC(=O)NC[C@H]1CN(c2ccc(-c3ccc(C=NN4CCNCC4)cc3)c(F)c2)C(=O)O1. The molecule has 2 aliphatic heterocycles. The van der Waals surface area contributed by atoms with E-state index in [-0.39, 0.29) is 19.0 Å². The fourth-order valence-electron chi connectivity index (χ4n) is 3.67. The number of carbonyl (C=O) groups is 2. The fourth-order valence-corrected chi connectivity index (χ4v) is 3.67. The number of ether oxygens (including phenoxy) is 1. The van der Waals surface area contributed by atoms with Crippen molar-refractivity contribution in [3.05, 3.63) is 53.8 Å². The quantitative estimate of drug-likeness (QED) is 0.674. The van der Waals surface area contributed by atoms with Gasteiger partial charge in [-0.15, -0.1) is 0 Å². The number of cyclic esters (lactones) is 1. The first-order valence-corrected chi connectivity index (χ1v) is 10.6. The van der Waals surface area contributed by atoms with E-state index >= 15 is 0 Å². The van der Waals surface area contributed by atoms with E-state index in [0.29, 0.717) is 11.3 Å². The van der Waals surface area contributed by atoms with Crippen molar-refractivity contribution in [2.24, 2.45) is 5.10 Å². The molecule has 8 nitrogen and oxygen atoms in total. The van der Waals surface area contributed by atoms with Crippen molar-refractivity contribution < 1.29 is 18.7 Å². The second-order valence-corrected chi connectivity index (χ2v) is 7.79. The van der Waals surface area contributed by atoms with Gasteiger partial charge in [0, 0.05) is 38.7 Å². The van der Waals surface area contributed by atoms with Crippen LogP contribution in [0.3, 0.4) is 0 Å². The summed E-state index contributed by atoms with van der Waals surface area (Å²) >= 11 is 0. The third-order valence-corrected chi connectivity index (χ3v) is 5.40. The van der Waals surface area contributed by atoms with E-state index < -0.39 is 18.0 Å². The Balaban J connectivity index is 1.42. The van der Waals surface area contributed by atoms with Gasteiger partial charge in [0.05, 0.1) is 25.0 Å². The van der Waals surface area contributed by atoms with Crippen molar-refractivity contribution in [3.8, 4) is 11.1 Å². The summed E-state index contributed by atoms with van der Waals surface area (Å²) in [6.45, 7) is 5.48. The molecule has 2 saturated heterocycles. The minimum Gasteiger partial charge on any atom is -0.442 e. The van der Waals surface area contributed by atoms with Gasteiger partial charge in [0.1, 0.15) is 11.9 Å². The largest absolute Gasteiger partial charge is 0.442 e. The predicted molar refractivity (Wildman–Crippen MR) is 120 cm³/mol. The molecule has 1 atom stereocenters. The number of carbonyl (C=O) groups excluding carboxylic acids is 2. The van der Waals surface area contributed by atoms with E-state index in [1.807, 2.05) is 35.5 Å².